The highest BCUT2D eigenvalue weighted by Crippen LogP contribution is 2.30. The lowest BCUT2D eigenvalue weighted by molar-refractivity contribution is 0.265. The molecule has 9 heteroatoms. The highest BCUT2D eigenvalue weighted by atomic mass is 35.5. The lowest BCUT2D eigenvalue weighted by Gasteiger charge is -2.30. The van der Waals surface area contributed by atoms with Crippen molar-refractivity contribution in [1.29, 1.82) is 0 Å². The summed E-state index contributed by atoms with van der Waals surface area (Å²) in [6.07, 6.45) is 4.85. The molecule has 0 bridgehead atoms. The molecule has 27 heavy (non-hydrogen) atoms. The van der Waals surface area contributed by atoms with E-state index in [1.54, 1.807) is 30.6 Å². The van der Waals surface area contributed by atoms with Gasteiger partial charge in [0.1, 0.15) is 0 Å². The predicted octanol–water partition coefficient (Wildman–Crippen LogP) is 3.35. The van der Waals surface area contributed by atoms with Crippen molar-refractivity contribution in [3.05, 3.63) is 59.7 Å². The molecule has 1 aromatic carbocycles. The zero-order valence-corrected chi connectivity index (χ0v) is 15.9. The van der Waals surface area contributed by atoms with Crippen LogP contribution in [-0.4, -0.2) is 40.9 Å². The van der Waals surface area contributed by atoms with Gasteiger partial charge in [0.15, 0.2) is 0 Å². The Morgan fingerprint density at radius 1 is 1.19 bits per heavy atom. The highest BCUT2D eigenvalue weighted by Gasteiger charge is 2.33. The van der Waals surface area contributed by atoms with Crippen molar-refractivity contribution in [2.75, 3.05) is 13.1 Å². The summed E-state index contributed by atoms with van der Waals surface area (Å²) < 4.78 is 32.7. The maximum Gasteiger partial charge on any atom is 0.243 e. The van der Waals surface area contributed by atoms with Gasteiger partial charge in [0.2, 0.25) is 21.7 Å². The largest absolute Gasteiger partial charge is 0.339 e. The molecule has 3 heterocycles. The van der Waals surface area contributed by atoms with E-state index in [4.69, 9.17) is 16.1 Å². The second-order valence-corrected chi connectivity index (χ2v) is 8.73. The Bertz CT molecular complexity index is 1020. The summed E-state index contributed by atoms with van der Waals surface area (Å²) in [4.78, 5) is 8.73. The third kappa shape index (κ3) is 3.73. The molecule has 0 saturated carbocycles. The standard InChI is InChI=1S/C18H17ClN4O3S/c19-15-5-7-16(8-6-15)27(24,25)23-10-2-4-14(12-23)18-21-17(22-26-18)13-3-1-9-20-11-13/h1,3,5-9,11,14H,2,4,10,12H2. The fourth-order valence-electron chi connectivity index (χ4n) is 3.13. The van der Waals surface area contributed by atoms with Gasteiger partial charge < -0.3 is 4.52 Å². The normalized spacial score (nSPS) is 18.5. The van der Waals surface area contributed by atoms with E-state index < -0.39 is 10.0 Å². The van der Waals surface area contributed by atoms with Gasteiger partial charge in [-0.3, -0.25) is 4.98 Å². The highest BCUT2D eigenvalue weighted by molar-refractivity contribution is 7.89. The van der Waals surface area contributed by atoms with Crippen molar-refractivity contribution in [1.82, 2.24) is 19.4 Å². The Kier molecular flexibility index (Phi) is 4.94. The maximum atomic E-state index is 12.9. The first-order valence-electron chi connectivity index (χ1n) is 8.54. The van der Waals surface area contributed by atoms with Crippen molar-refractivity contribution in [2.45, 2.75) is 23.7 Å². The van der Waals surface area contributed by atoms with E-state index in [-0.39, 0.29) is 10.8 Å². The van der Waals surface area contributed by atoms with Crippen LogP contribution in [0.2, 0.25) is 5.02 Å². The van der Waals surface area contributed by atoms with Gasteiger partial charge in [-0.1, -0.05) is 16.8 Å². The molecule has 1 atom stereocenters. The first-order chi connectivity index (χ1) is 13.0. The minimum Gasteiger partial charge on any atom is -0.339 e. The summed E-state index contributed by atoms with van der Waals surface area (Å²) in [5, 5.41) is 4.51. The van der Waals surface area contributed by atoms with Gasteiger partial charge in [0.25, 0.3) is 0 Å². The fourth-order valence-corrected chi connectivity index (χ4v) is 4.78. The van der Waals surface area contributed by atoms with Gasteiger partial charge in [-0.25, -0.2) is 8.42 Å². The quantitative estimate of drug-likeness (QED) is 0.662. The Morgan fingerprint density at radius 3 is 2.74 bits per heavy atom. The molecule has 140 valence electrons. The number of benzene rings is 1. The summed E-state index contributed by atoms with van der Waals surface area (Å²) in [5.41, 5.74) is 0.758. The number of rotatable bonds is 4. The van der Waals surface area contributed by atoms with E-state index in [1.165, 1.54) is 16.4 Å². The molecule has 1 saturated heterocycles. The number of sulfonamides is 1. The molecule has 3 aromatic rings. The molecule has 0 aliphatic carbocycles. The first-order valence-corrected chi connectivity index (χ1v) is 10.4. The third-order valence-electron chi connectivity index (χ3n) is 4.55. The van der Waals surface area contributed by atoms with Crippen LogP contribution in [0.5, 0.6) is 0 Å². The molecule has 1 fully saturated rings. The first kappa shape index (κ1) is 18.1. The van der Waals surface area contributed by atoms with Crippen molar-refractivity contribution >= 4 is 21.6 Å². The van der Waals surface area contributed by atoms with Gasteiger partial charge in [0, 0.05) is 36.1 Å². The summed E-state index contributed by atoms with van der Waals surface area (Å²) >= 11 is 5.86. The van der Waals surface area contributed by atoms with Gasteiger partial charge in [-0.2, -0.15) is 9.29 Å². The number of aromatic nitrogens is 3. The predicted molar refractivity (Wildman–Crippen MR) is 99.7 cm³/mol. The SMILES string of the molecule is O=S(=O)(c1ccc(Cl)cc1)N1CCCC(c2nc(-c3cccnc3)no2)C1. The molecule has 1 aliphatic rings. The summed E-state index contributed by atoms with van der Waals surface area (Å²) in [6, 6.07) is 9.84. The second-order valence-electron chi connectivity index (χ2n) is 6.35. The van der Waals surface area contributed by atoms with Crippen molar-refractivity contribution in [3.63, 3.8) is 0 Å². The van der Waals surface area contributed by atoms with E-state index in [0.717, 1.165) is 18.4 Å². The summed E-state index contributed by atoms with van der Waals surface area (Å²) in [5.74, 6) is 0.763. The van der Waals surface area contributed by atoms with Crippen LogP contribution >= 0.6 is 11.6 Å². The van der Waals surface area contributed by atoms with Gasteiger partial charge >= 0.3 is 0 Å². The molecule has 0 N–H and O–H groups in total. The Balaban J connectivity index is 1.55. The van der Waals surface area contributed by atoms with Crippen LogP contribution in [0.1, 0.15) is 24.7 Å². The zero-order chi connectivity index (χ0) is 18.9. The number of hydrogen-bond donors (Lipinski definition) is 0. The summed E-state index contributed by atoms with van der Waals surface area (Å²) in [6.45, 7) is 0.769. The van der Waals surface area contributed by atoms with Crippen LogP contribution < -0.4 is 0 Å². The van der Waals surface area contributed by atoms with E-state index in [1.807, 2.05) is 6.07 Å². The number of nitrogens with zero attached hydrogens (tertiary/aromatic N) is 4. The van der Waals surface area contributed by atoms with E-state index in [2.05, 4.69) is 15.1 Å². The van der Waals surface area contributed by atoms with Crippen molar-refractivity contribution in [3.8, 4) is 11.4 Å². The van der Waals surface area contributed by atoms with Crippen LogP contribution in [0, 0.1) is 0 Å². The minimum absolute atomic E-state index is 0.140. The number of halogens is 1. The van der Waals surface area contributed by atoms with E-state index in [9.17, 15) is 8.42 Å². The topological polar surface area (TPSA) is 89.2 Å². The molecule has 0 radical (unpaired) electrons. The lowest BCUT2D eigenvalue weighted by atomic mass is 10.00. The average Bonchev–Trinajstić information content (AvgIpc) is 3.19. The van der Waals surface area contributed by atoms with Crippen LogP contribution in [-0.2, 0) is 10.0 Å². The monoisotopic (exact) mass is 404 g/mol. The second kappa shape index (κ2) is 7.38. The lowest BCUT2D eigenvalue weighted by Crippen LogP contribution is -2.39. The van der Waals surface area contributed by atoms with E-state index in [0.29, 0.717) is 29.8 Å². The van der Waals surface area contributed by atoms with Crippen LogP contribution in [0.4, 0.5) is 0 Å². The number of pyridine rings is 1. The number of piperidine rings is 1. The Labute approximate surface area is 162 Å². The number of hydrogen-bond acceptors (Lipinski definition) is 6. The van der Waals surface area contributed by atoms with Crippen molar-refractivity contribution in [2.24, 2.45) is 0 Å². The van der Waals surface area contributed by atoms with Crippen LogP contribution in [0.3, 0.4) is 0 Å². The van der Waals surface area contributed by atoms with E-state index >= 15 is 0 Å². The van der Waals surface area contributed by atoms with Crippen LogP contribution in [0.15, 0.2) is 58.2 Å². The molecule has 1 unspecified atom stereocenters. The maximum absolute atomic E-state index is 12.9. The molecule has 0 spiro atoms. The molecular weight excluding hydrogens is 388 g/mol. The summed E-state index contributed by atoms with van der Waals surface area (Å²) in [7, 11) is -3.59. The zero-order valence-electron chi connectivity index (χ0n) is 14.3. The average molecular weight is 405 g/mol. The molecule has 7 nitrogen and oxygen atoms in total. The molecule has 1 aliphatic heterocycles. The van der Waals surface area contributed by atoms with Gasteiger partial charge in [-0.15, -0.1) is 0 Å². The Morgan fingerprint density at radius 2 is 2.00 bits per heavy atom. The Hall–Kier alpha value is -2.29. The fraction of sp³-hybridized carbons (Fsp3) is 0.278. The smallest absolute Gasteiger partial charge is 0.243 e. The van der Waals surface area contributed by atoms with Gasteiger partial charge in [0.05, 0.1) is 10.8 Å². The van der Waals surface area contributed by atoms with Crippen LogP contribution in [0.25, 0.3) is 11.4 Å². The van der Waals surface area contributed by atoms with Gasteiger partial charge in [-0.05, 0) is 49.2 Å². The minimum atomic E-state index is -3.59. The molecule has 2 aromatic heterocycles. The third-order valence-corrected chi connectivity index (χ3v) is 6.68. The van der Waals surface area contributed by atoms with Crippen molar-refractivity contribution < 1.29 is 12.9 Å². The molecular formula is C18H17ClN4O3S. The molecule has 0 amide bonds. The molecule has 4 rings (SSSR count).